The van der Waals surface area contributed by atoms with Crippen molar-refractivity contribution in [2.45, 2.75) is 24.8 Å². The Kier molecular flexibility index (Phi) is 6.21. The second kappa shape index (κ2) is 9.32. The van der Waals surface area contributed by atoms with Gasteiger partial charge >= 0.3 is 0 Å². The highest BCUT2D eigenvalue weighted by Gasteiger charge is 2.28. The minimum Gasteiger partial charge on any atom is -0.497 e. The second-order valence-corrected chi connectivity index (χ2v) is 10.7. The molecule has 7 heteroatoms. The van der Waals surface area contributed by atoms with Crippen LogP contribution >= 0.6 is 0 Å². The zero-order chi connectivity index (χ0) is 24.6. The molecule has 2 heterocycles. The van der Waals surface area contributed by atoms with Gasteiger partial charge in [-0.15, -0.1) is 0 Å². The van der Waals surface area contributed by atoms with Gasteiger partial charge in [0.1, 0.15) is 11.6 Å². The molecule has 1 aliphatic rings. The molecule has 0 atom stereocenters. The lowest BCUT2D eigenvalue weighted by Crippen LogP contribution is -2.34. The molecule has 0 spiro atoms. The Hall–Kier alpha value is -3.42. The van der Waals surface area contributed by atoms with Crippen molar-refractivity contribution < 1.29 is 17.5 Å². The Morgan fingerprint density at radius 3 is 2.54 bits per heavy atom. The number of ether oxygens (including phenoxy) is 1. The highest BCUT2D eigenvalue weighted by atomic mass is 32.2. The number of sulfonamides is 1. The lowest BCUT2D eigenvalue weighted by molar-refractivity contribution is 0.414. The van der Waals surface area contributed by atoms with Crippen LogP contribution in [0.25, 0.3) is 16.5 Å². The summed E-state index contributed by atoms with van der Waals surface area (Å²) in [4.78, 5) is -0.0135. The molecule has 0 N–H and O–H groups in total. The van der Waals surface area contributed by atoms with Gasteiger partial charge in [0.15, 0.2) is 0 Å². The van der Waals surface area contributed by atoms with Gasteiger partial charge in [-0.1, -0.05) is 42.5 Å². The number of halogens is 1. The number of para-hydroxylation sites is 1. The topological polar surface area (TPSA) is 51.5 Å². The van der Waals surface area contributed by atoms with Gasteiger partial charge in [0.05, 0.1) is 12.0 Å². The van der Waals surface area contributed by atoms with Crippen LogP contribution in [0.5, 0.6) is 5.75 Å². The number of hydrogen-bond donors (Lipinski definition) is 0. The predicted octanol–water partition coefficient (Wildman–Crippen LogP) is 5.62. The van der Waals surface area contributed by atoms with Crippen LogP contribution in [0.2, 0.25) is 0 Å². The highest BCUT2D eigenvalue weighted by Crippen LogP contribution is 2.36. The van der Waals surface area contributed by atoms with E-state index in [2.05, 4.69) is 29.7 Å². The molecule has 0 bridgehead atoms. The normalized spacial score (nSPS) is 14.8. The average molecular weight is 491 g/mol. The van der Waals surface area contributed by atoms with Crippen molar-refractivity contribution in [3.63, 3.8) is 0 Å². The number of hydrogen-bond acceptors (Lipinski definition) is 3. The molecule has 5 nitrogen and oxygen atoms in total. The fourth-order valence-electron chi connectivity index (χ4n) is 4.87. The highest BCUT2D eigenvalue weighted by molar-refractivity contribution is 7.89. The van der Waals surface area contributed by atoms with Crippen molar-refractivity contribution in [3.05, 3.63) is 102 Å². The van der Waals surface area contributed by atoms with Crippen molar-refractivity contribution in [2.75, 3.05) is 20.2 Å². The van der Waals surface area contributed by atoms with Gasteiger partial charge in [0.25, 0.3) is 0 Å². The number of methoxy groups -OCH3 is 1. The van der Waals surface area contributed by atoms with Gasteiger partial charge in [0.2, 0.25) is 10.0 Å². The van der Waals surface area contributed by atoms with E-state index in [1.807, 2.05) is 36.4 Å². The number of rotatable bonds is 6. The van der Waals surface area contributed by atoms with Crippen molar-refractivity contribution >= 4 is 26.5 Å². The first-order valence-corrected chi connectivity index (χ1v) is 13.0. The largest absolute Gasteiger partial charge is 0.497 e. The molecule has 35 heavy (non-hydrogen) atoms. The van der Waals surface area contributed by atoms with Gasteiger partial charge < -0.3 is 9.30 Å². The summed E-state index contributed by atoms with van der Waals surface area (Å²) in [6.07, 6.45) is 2.58. The first-order chi connectivity index (χ1) is 16.9. The smallest absolute Gasteiger partial charge is 0.243 e. The third-order valence-corrected chi connectivity index (χ3v) is 8.49. The minimum absolute atomic E-state index is 0.0135. The van der Waals surface area contributed by atoms with Gasteiger partial charge in [-0.05, 0) is 60.9 Å². The SMILES string of the molecule is COc1cccc(Cn2c(C)c(C3=CCN(S(=O)(=O)c4cccc(F)c4)CC3)c3ccccc32)c1. The number of fused-ring (bicyclic) bond motifs is 1. The first kappa shape index (κ1) is 23.3. The molecule has 0 saturated heterocycles. The Balaban J connectivity index is 1.49. The van der Waals surface area contributed by atoms with Crippen LogP contribution < -0.4 is 4.74 Å². The van der Waals surface area contributed by atoms with E-state index in [9.17, 15) is 12.8 Å². The van der Waals surface area contributed by atoms with Crippen LogP contribution in [0.15, 0.2) is 83.8 Å². The van der Waals surface area contributed by atoms with Crippen LogP contribution in [-0.2, 0) is 16.6 Å². The summed E-state index contributed by atoms with van der Waals surface area (Å²) in [6.45, 7) is 3.42. The van der Waals surface area contributed by atoms with Gasteiger partial charge in [0, 0.05) is 41.8 Å². The summed E-state index contributed by atoms with van der Waals surface area (Å²) < 4.78 is 48.8. The molecule has 0 saturated carbocycles. The van der Waals surface area contributed by atoms with Crippen molar-refractivity contribution in [3.8, 4) is 5.75 Å². The molecule has 1 aliphatic heterocycles. The molecule has 0 unspecified atom stereocenters. The van der Waals surface area contributed by atoms with E-state index < -0.39 is 15.8 Å². The van der Waals surface area contributed by atoms with E-state index in [1.54, 1.807) is 7.11 Å². The molecule has 0 radical (unpaired) electrons. The van der Waals surface area contributed by atoms with E-state index in [-0.39, 0.29) is 11.4 Å². The monoisotopic (exact) mass is 490 g/mol. The maximum atomic E-state index is 13.6. The lowest BCUT2D eigenvalue weighted by Gasteiger charge is -2.26. The lowest BCUT2D eigenvalue weighted by atomic mass is 9.97. The summed E-state index contributed by atoms with van der Waals surface area (Å²) >= 11 is 0. The molecular weight excluding hydrogens is 463 g/mol. The Morgan fingerprint density at radius 1 is 1.00 bits per heavy atom. The number of benzene rings is 3. The van der Waals surface area contributed by atoms with Crippen LogP contribution in [0.1, 0.15) is 23.2 Å². The molecule has 4 aromatic rings. The quantitative estimate of drug-likeness (QED) is 0.352. The third kappa shape index (κ3) is 4.37. The summed E-state index contributed by atoms with van der Waals surface area (Å²) in [5.74, 6) is 0.269. The maximum absolute atomic E-state index is 13.6. The standard InChI is InChI=1S/C28H27FN2O3S/c1-20-28(22-13-15-30(16-14-22)35(32,33)25-10-6-8-23(29)18-25)26-11-3-4-12-27(26)31(20)19-21-7-5-9-24(17-21)34-2/h3-13,17-18H,14-16,19H2,1-2H3. The van der Waals surface area contributed by atoms with Crippen LogP contribution in [-0.4, -0.2) is 37.5 Å². The first-order valence-electron chi connectivity index (χ1n) is 11.5. The molecule has 1 aromatic heterocycles. The summed E-state index contributed by atoms with van der Waals surface area (Å²) in [5.41, 5.74) is 5.71. The van der Waals surface area contributed by atoms with E-state index in [4.69, 9.17) is 4.74 Å². The van der Waals surface area contributed by atoms with E-state index >= 15 is 0 Å². The predicted molar refractivity (Wildman–Crippen MR) is 137 cm³/mol. The van der Waals surface area contributed by atoms with E-state index in [1.165, 1.54) is 22.5 Å². The fraction of sp³-hybridized carbons (Fsp3) is 0.214. The van der Waals surface area contributed by atoms with Crippen molar-refractivity contribution in [2.24, 2.45) is 0 Å². The van der Waals surface area contributed by atoms with Crippen LogP contribution in [0.4, 0.5) is 4.39 Å². The molecular formula is C28H27FN2O3S. The fourth-order valence-corrected chi connectivity index (χ4v) is 6.28. The molecule has 0 aliphatic carbocycles. The third-order valence-electron chi connectivity index (χ3n) is 6.63. The molecule has 0 fully saturated rings. The van der Waals surface area contributed by atoms with Crippen LogP contribution in [0.3, 0.4) is 0 Å². The van der Waals surface area contributed by atoms with Crippen molar-refractivity contribution in [1.29, 1.82) is 0 Å². The zero-order valence-corrected chi connectivity index (χ0v) is 20.6. The Labute approximate surface area is 205 Å². The van der Waals surface area contributed by atoms with Crippen molar-refractivity contribution in [1.82, 2.24) is 8.87 Å². The van der Waals surface area contributed by atoms with Gasteiger partial charge in [-0.25, -0.2) is 12.8 Å². The second-order valence-electron chi connectivity index (χ2n) is 8.72. The van der Waals surface area contributed by atoms with Gasteiger partial charge in [-0.2, -0.15) is 4.31 Å². The summed E-state index contributed by atoms with van der Waals surface area (Å²) in [6, 6.07) is 21.6. The molecule has 180 valence electrons. The molecule has 5 rings (SSSR count). The van der Waals surface area contributed by atoms with Crippen LogP contribution in [0, 0.1) is 12.7 Å². The van der Waals surface area contributed by atoms with E-state index in [0.717, 1.165) is 45.1 Å². The zero-order valence-electron chi connectivity index (χ0n) is 19.7. The number of nitrogens with zero attached hydrogens (tertiary/aromatic N) is 2. The maximum Gasteiger partial charge on any atom is 0.243 e. The molecule has 3 aromatic carbocycles. The summed E-state index contributed by atoms with van der Waals surface area (Å²) in [5, 5.41) is 1.15. The van der Waals surface area contributed by atoms with Gasteiger partial charge in [-0.3, -0.25) is 0 Å². The Bertz CT molecular complexity index is 1540. The number of aromatic nitrogens is 1. The molecule has 0 amide bonds. The van der Waals surface area contributed by atoms with E-state index in [0.29, 0.717) is 19.5 Å². The summed E-state index contributed by atoms with van der Waals surface area (Å²) in [7, 11) is -2.09. The Morgan fingerprint density at radius 2 is 1.80 bits per heavy atom. The minimum atomic E-state index is -3.75. The average Bonchev–Trinajstić information content (AvgIpc) is 3.15.